The molecule has 0 fully saturated rings. The van der Waals surface area contributed by atoms with E-state index in [9.17, 15) is 14.7 Å². The number of aliphatic hydroxyl groups excluding tert-OH is 1. The van der Waals surface area contributed by atoms with E-state index in [1.54, 1.807) is 43.5 Å². The number of aryl methyl sites for hydroxylation is 1. The molecule has 9 heteroatoms. The van der Waals surface area contributed by atoms with Crippen LogP contribution in [0.15, 0.2) is 82.5 Å². The van der Waals surface area contributed by atoms with Crippen molar-refractivity contribution < 1.29 is 23.8 Å². The van der Waals surface area contributed by atoms with Crippen LogP contribution in [0.5, 0.6) is 5.75 Å². The van der Waals surface area contributed by atoms with E-state index >= 15 is 0 Å². The molecule has 1 N–H and O–H groups in total. The number of furan rings is 1. The monoisotopic (exact) mass is 530 g/mol. The molecule has 0 bridgehead atoms. The number of hydrogen-bond acceptors (Lipinski definition) is 7. The standard InChI is InChI=1S/C28H19ClN2O5S/c1-14-4-3-5-15(10-14)24-23(25(32)21-12-16-11-17(29)6-9-20(16)36-21)26(33)27(34)31(24)28-30-19-8-7-18(35-2)13-22(19)37-28/h3-13,24,33H,1-2H3. The first-order chi connectivity index (χ1) is 17.8. The first-order valence-electron chi connectivity index (χ1n) is 11.4. The fourth-order valence-electron chi connectivity index (χ4n) is 4.57. The number of benzene rings is 3. The lowest BCUT2D eigenvalue weighted by Crippen LogP contribution is -2.31. The molecule has 2 aromatic heterocycles. The topological polar surface area (TPSA) is 92.9 Å². The van der Waals surface area contributed by atoms with Crippen LogP contribution in [0.2, 0.25) is 5.02 Å². The highest BCUT2D eigenvalue weighted by atomic mass is 35.5. The summed E-state index contributed by atoms with van der Waals surface area (Å²) in [6.07, 6.45) is 0. The van der Waals surface area contributed by atoms with Gasteiger partial charge in [-0.15, -0.1) is 0 Å². The first kappa shape index (κ1) is 23.3. The zero-order chi connectivity index (χ0) is 25.8. The smallest absolute Gasteiger partial charge is 0.296 e. The normalized spacial score (nSPS) is 15.8. The highest BCUT2D eigenvalue weighted by Gasteiger charge is 2.46. The van der Waals surface area contributed by atoms with Crippen molar-refractivity contribution in [1.29, 1.82) is 0 Å². The Balaban J connectivity index is 1.50. The van der Waals surface area contributed by atoms with Gasteiger partial charge in [-0.1, -0.05) is 52.8 Å². The van der Waals surface area contributed by atoms with Crippen molar-refractivity contribution in [1.82, 2.24) is 4.98 Å². The summed E-state index contributed by atoms with van der Waals surface area (Å²) < 4.78 is 11.9. The number of hydrogen-bond donors (Lipinski definition) is 1. The Morgan fingerprint density at radius 3 is 2.76 bits per heavy atom. The average molecular weight is 531 g/mol. The molecule has 0 saturated heterocycles. The average Bonchev–Trinajstić information content (AvgIpc) is 3.57. The zero-order valence-corrected chi connectivity index (χ0v) is 21.3. The maximum atomic E-state index is 13.8. The summed E-state index contributed by atoms with van der Waals surface area (Å²) in [5.74, 6) is -1.27. The van der Waals surface area contributed by atoms with E-state index in [2.05, 4.69) is 4.98 Å². The third-order valence-electron chi connectivity index (χ3n) is 6.30. The maximum absolute atomic E-state index is 13.8. The lowest BCUT2D eigenvalue weighted by molar-refractivity contribution is -0.117. The summed E-state index contributed by atoms with van der Waals surface area (Å²) in [4.78, 5) is 33.3. The van der Waals surface area contributed by atoms with Crippen LogP contribution in [0.25, 0.3) is 21.2 Å². The second-order valence-corrected chi connectivity index (χ2v) is 10.2. The predicted molar refractivity (Wildman–Crippen MR) is 143 cm³/mol. The highest BCUT2D eigenvalue weighted by Crippen LogP contribution is 2.45. The number of halogens is 1. The van der Waals surface area contributed by atoms with E-state index in [1.165, 1.54) is 16.2 Å². The fourth-order valence-corrected chi connectivity index (χ4v) is 5.77. The molecular formula is C28H19ClN2O5S. The van der Waals surface area contributed by atoms with Crippen LogP contribution in [0.3, 0.4) is 0 Å². The van der Waals surface area contributed by atoms with Crippen LogP contribution in [-0.2, 0) is 4.79 Å². The number of fused-ring (bicyclic) bond motifs is 2. The molecule has 0 saturated carbocycles. The molecule has 6 rings (SSSR count). The van der Waals surface area contributed by atoms with Crippen LogP contribution in [-0.4, -0.2) is 28.9 Å². The number of aromatic nitrogens is 1. The first-order valence-corrected chi connectivity index (χ1v) is 12.5. The van der Waals surface area contributed by atoms with Gasteiger partial charge in [-0.25, -0.2) is 4.98 Å². The van der Waals surface area contributed by atoms with Crippen LogP contribution < -0.4 is 9.64 Å². The lowest BCUT2D eigenvalue weighted by Gasteiger charge is -2.24. The number of amides is 1. The van der Waals surface area contributed by atoms with Gasteiger partial charge in [0.15, 0.2) is 16.7 Å². The van der Waals surface area contributed by atoms with Crippen molar-refractivity contribution in [2.24, 2.45) is 0 Å². The van der Waals surface area contributed by atoms with E-state index < -0.39 is 23.5 Å². The van der Waals surface area contributed by atoms with Crippen molar-refractivity contribution >= 4 is 60.9 Å². The van der Waals surface area contributed by atoms with Crippen molar-refractivity contribution in [3.63, 3.8) is 0 Å². The minimum absolute atomic E-state index is 0.000144. The fraction of sp³-hybridized carbons (Fsp3) is 0.107. The molecule has 1 aliphatic heterocycles. The Labute approximate surface area is 220 Å². The van der Waals surface area contributed by atoms with Crippen molar-refractivity contribution in [2.45, 2.75) is 13.0 Å². The molecule has 37 heavy (non-hydrogen) atoms. The Morgan fingerprint density at radius 2 is 1.97 bits per heavy atom. The number of anilines is 1. The number of methoxy groups -OCH3 is 1. The van der Waals surface area contributed by atoms with Gasteiger partial charge in [-0.3, -0.25) is 14.5 Å². The minimum atomic E-state index is -0.904. The summed E-state index contributed by atoms with van der Waals surface area (Å²) in [5.41, 5.74) is 2.68. The Hall–Kier alpha value is -4.14. The van der Waals surface area contributed by atoms with Crippen molar-refractivity contribution in [3.05, 3.63) is 100.0 Å². The van der Waals surface area contributed by atoms with Gasteiger partial charge in [0.1, 0.15) is 11.3 Å². The minimum Gasteiger partial charge on any atom is -0.503 e. The van der Waals surface area contributed by atoms with Gasteiger partial charge >= 0.3 is 0 Å². The number of carbonyl (C=O) groups excluding carboxylic acids is 2. The molecule has 1 atom stereocenters. The van der Waals surface area contributed by atoms with E-state index in [0.717, 1.165) is 10.3 Å². The van der Waals surface area contributed by atoms with E-state index in [0.29, 0.717) is 38.0 Å². The number of carbonyl (C=O) groups is 2. The molecule has 1 unspecified atom stereocenters. The molecule has 0 radical (unpaired) electrons. The Morgan fingerprint density at radius 1 is 1.14 bits per heavy atom. The van der Waals surface area contributed by atoms with Crippen LogP contribution in [0.1, 0.15) is 27.7 Å². The number of thiazole rings is 1. The van der Waals surface area contributed by atoms with Crippen LogP contribution in [0, 0.1) is 6.92 Å². The van der Waals surface area contributed by atoms with Crippen molar-refractivity contribution in [2.75, 3.05) is 12.0 Å². The molecule has 184 valence electrons. The van der Waals surface area contributed by atoms with Crippen LogP contribution in [0.4, 0.5) is 5.13 Å². The quantitative estimate of drug-likeness (QED) is 0.251. The molecule has 7 nitrogen and oxygen atoms in total. The Kier molecular flexibility index (Phi) is 5.51. The second kappa shape index (κ2) is 8.76. The molecule has 5 aromatic rings. The molecule has 3 heterocycles. The van der Waals surface area contributed by atoms with E-state index in [-0.39, 0.29) is 11.3 Å². The summed E-state index contributed by atoms with van der Waals surface area (Å²) in [6, 6.07) is 18.6. The van der Waals surface area contributed by atoms with Gasteiger partial charge in [0.2, 0.25) is 5.78 Å². The predicted octanol–water partition coefficient (Wildman–Crippen LogP) is 6.80. The number of ketones is 1. The van der Waals surface area contributed by atoms with E-state index in [4.69, 9.17) is 20.8 Å². The molecular weight excluding hydrogens is 512 g/mol. The number of ether oxygens (including phenoxy) is 1. The second-order valence-electron chi connectivity index (χ2n) is 8.71. The third kappa shape index (κ3) is 3.85. The molecule has 1 aliphatic rings. The zero-order valence-electron chi connectivity index (χ0n) is 19.7. The van der Waals surface area contributed by atoms with Gasteiger partial charge < -0.3 is 14.3 Å². The van der Waals surface area contributed by atoms with Crippen molar-refractivity contribution in [3.8, 4) is 5.75 Å². The van der Waals surface area contributed by atoms with Gasteiger partial charge in [-0.2, -0.15) is 0 Å². The number of aliphatic hydroxyl groups is 1. The summed E-state index contributed by atoms with van der Waals surface area (Å²) in [5, 5.41) is 12.6. The number of nitrogens with zero attached hydrogens (tertiary/aromatic N) is 2. The molecule has 3 aromatic carbocycles. The molecule has 1 amide bonds. The largest absolute Gasteiger partial charge is 0.503 e. The lowest BCUT2D eigenvalue weighted by atomic mass is 9.94. The van der Waals surface area contributed by atoms with Gasteiger partial charge in [-0.05, 0) is 55.0 Å². The number of rotatable bonds is 5. The van der Waals surface area contributed by atoms with Gasteiger partial charge in [0.05, 0.1) is 28.9 Å². The summed E-state index contributed by atoms with van der Waals surface area (Å²) >= 11 is 7.37. The summed E-state index contributed by atoms with van der Waals surface area (Å²) in [7, 11) is 1.58. The highest BCUT2D eigenvalue weighted by molar-refractivity contribution is 7.22. The third-order valence-corrected chi connectivity index (χ3v) is 7.56. The van der Waals surface area contributed by atoms with E-state index in [1.807, 2.05) is 37.3 Å². The summed E-state index contributed by atoms with van der Waals surface area (Å²) in [6.45, 7) is 1.92. The number of Topliss-reactive ketones (excluding diaryl/α,β-unsaturated/α-hetero) is 1. The van der Waals surface area contributed by atoms with Crippen LogP contribution >= 0.6 is 22.9 Å². The Bertz CT molecular complexity index is 1770. The van der Waals surface area contributed by atoms with Gasteiger partial charge in [0, 0.05) is 10.4 Å². The molecule has 0 aliphatic carbocycles. The maximum Gasteiger partial charge on any atom is 0.296 e. The molecule has 0 spiro atoms. The SMILES string of the molecule is COc1ccc2nc(N3C(=O)C(O)=C(C(=O)c4cc5cc(Cl)ccc5o4)C3c3cccc(C)c3)sc2c1. The van der Waals surface area contributed by atoms with Gasteiger partial charge in [0.25, 0.3) is 5.91 Å².